The topological polar surface area (TPSA) is 71.3 Å². The zero-order valence-corrected chi connectivity index (χ0v) is 17.6. The van der Waals surface area contributed by atoms with E-state index < -0.39 is 5.91 Å². The van der Waals surface area contributed by atoms with Crippen molar-refractivity contribution >= 4 is 12.0 Å². The Morgan fingerprint density at radius 1 is 1.00 bits per heavy atom. The highest BCUT2D eigenvalue weighted by molar-refractivity contribution is 6.01. The number of amides is 1. The second-order valence-corrected chi connectivity index (χ2v) is 7.05. The van der Waals surface area contributed by atoms with Crippen LogP contribution in [0.15, 0.2) is 78.4 Å². The van der Waals surface area contributed by atoms with E-state index in [2.05, 4.69) is 11.4 Å². The summed E-state index contributed by atoms with van der Waals surface area (Å²) in [4.78, 5) is 12.4. The third-order valence-electron chi connectivity index (χ3n) is 4.66. The molecule has 0 aliphatic carbocycles. The van der Waals surface area contributed by atoms with Crippen LogP contribution in [0.5, 0.6) is 11.5 Å². The molecule has 0 heterocycles. The Morgan fingerprint density at radius 3 is 2.35 bits per heavy atom. The molecule has 0 aromatic heterocycles. The number of aryl methyl sites for hydroxylation is 1. The van der Waals surface area contributed by atoms with Crippen LogP contribution in [0.2, 0.25) is 0 Å². The molecule has 0 aliphatic heterocycles. The van der Waals surface area contributed by atoms with Gasteiger partial charge in [0.15, 0.2) is 0 Å². The first-order chi connectivity index (χ1) is 15.1. The van der Waals surface area contributed by atoms with Crippen molar-refractivity contribution in [3.63, 3.8) is 0 Å². The van der Waals surface area contributed by atoms with Crippen molar-refractivity contribution in [2.24, 2.45) is 0 Å². The van der Waals surface area contributed by atoms with E-state index in [0.717, 1.165) is 28.2 Å². The van der Waals surface area contributed by atoms with Crippen LogP contribution in [-0.2, 0) is 17.9 Å². The standard InChI is InChI=1S/C26H24N2O3/c1-19-4-3-5-22(14-19)18-31-25-12-6-20(7-13-25)15-23(16-27)26(29)28-17-21-8-10-24(30-2)11-9-21/h3-15H,17-18H2,1-2H3,(H,28,29)/b23-15+. The first kappa shape index (κ1) is 21.7. The fourth-order valence-corrected chi connectivity index (χ4v) is 2.97. The summed E-state index contributed by atoms with van der Waals surface area (Å²) in [5, 5.41) is 12.2. The average Bonchev–Trinajstić information content (AvgIpc) is 2.80. The quantitative estimate of drug-likeness (QED) is 0.426. The van der Waals surface area contributed by atoms with E-state index in [0.29, 0.717) is 13.2 Å². The van der Waals surface area contributed by atoms with Crippen molar-refractivity contribution in [3.8, 4) is 17.6 Å². The molecule has 3 rings (SSSR count). The highest BCUT2D eigenvalue weighted by Crippen LogP contribution is 2.17. The van der Waals surface area contributed by atoms with Gasteiger partial charge in [-0.15, -0.1) is 0 Å². The minimum absolute atomic E-state index is 0.0435. The van der Waals surface area contributed by atoms with Crippen molar-refractivity contribution in [2.45, 2.75) is 20.1 Å². The maximum Gasteiger partial charge on any atom is 0.262 e. The lowest BCUT2D eigenvalue weighted by atomic mass is 10.1. The molecule has 0 aliphatic rings. The predicted octanol–water partition coefficient (Wildman–Crippen LogP) is 4.81. The molecule has 1 N–H and O–H groups in total. The van der Waals surface area contributed by atoms with Crippen LogP contribution in [0.4, 0.5) is 0 Å². The predicted molar refractivity (Wildman–Crippen MR) is 120 cm³/mol. The largest absolute Gasteiger partial charge is 0.497 e. The van der Waals surface area contributed by atoms with Gasteiger partial charge < -0.3 is 14.8 Å². The van der Waals surface area contributed by atoms with Crippen molar-refractivity contribution in [1.29, 1.82) is 5.26 Å². The van der Waals surface area contributed by atoms with Gasteiger partial charge >= 0.3 is 0 Å². The Hall–Kier alpha value is -4.04. The van der Waals surface area contributed by atoms with Gasteiger partial charge in [0.1, 0.15) is 29.7 Å². The van der Waals surface area contributed by atoms with Crippen LogP contribution in [0.3, 0.4) is 0 Å². The molecular weight excluding hydrogens is 388 g/mol. The summed E-state index contributed by atoms with van der Waals surface area (Å²) in [6.45, 7) is 2.85. The van der Waals surface area contributed by atoms with Crippen LogP contribution < -0.4 is 14.8 Å². The number of nitrogens with zero attached hydrogens (tertiary/aromatic N) is 1. The summed E-state index contributed by atoms with van der Waals surface area (Å²) < 4.78 is 10.9. The average molecular weight is 412 g/mol. The molecule has 0 saturated carbocycles. The minimum atomic E-state index is -0.418. The molecule has 156 valence electrons. The van der Waals surface area contributed by atoms with Gasteiger partial charge in [-0.25, -0.2) is 0 Å². The fourth-order valence-electron chi connectivity index (χ4n) is 2.97. The zero-order chi connectivity index (χ0) is 22.1. The van der Waals surface area contributed by atoms with E-state index in [9.17, 15) is 10.1 Å². The number of methoxy groups -OCH3 is 1. The molecule has 0 radical (unpaired) electrons. The number of hydrogen-bond donors (Lipinski definition) is 1. The van der Waals surface area contributed by atoms with Gasteiger partial charge in [0.25, 0.3) is 5.91 Å². The van der Waals surface area contributed by atoms with Crippen molar-refractivity contribution in [1.82, 2.24) is 5.32 Å². The summed E-state index contributed by atoms with van der Waals surface area (Å²) in [7, 11) is 1.60. The molecule has 31 heavy (non-hydrogen) atoms. The normalized spacial score (nSPS) is 10.8. The van der Waals surface area contributed by atoms with Crippen LogP contribution in [0.1, 0.15) is 22.3 Å². The van der Waals surface area contributed by atoms with Gasteiger partial charge in [0.2, 0.25) is 0 Å². The second-order valence-electron chi connectivity index (χ2n) is 7.05. The molecule has 0 bridgehead atoms. The first-order valence-electron chi connectivity index (χ1n) is 9.89. The maximum absolute atomic E-state index is 12.4. The zero-order valence-electron chi connectivity index (χ0n) is 17.6. The van der Waals surface area contributed by atoms with Gasteiger partial charge in [-0.1, -0.05) is 54.1 Å². The smallest absolute Gasteiger partial charge is 0.262 e. The Bertz CT molecular complexity index is 1090. The number of benzene rings is 3. The SMILES string of the molecule is COc1ccc(CNC(=O)/C(C#N)=C/c2ccc(OCc3cccc(C)c3)cc2)cc1. The first-order valence-corrected chi connectivity index (χ1v) is 9.89. The number of nitrogens with one attached hydrogen (secondary N) is 1. The highest BCUT2D eigenvalue weighted by Gasteiger charge is 2.09. The lowest BCUT2D eigenvalue weighted by molar-refractivity contribution is -0.117. The molecule has 0 spiro atoms. The van der Waals surface area contributed by atoms with E-state index in [1.807, 2.05) is 79.7 Å². The van der Waals surface area contributed by atoms with Gasteiger partial charge in [-0.3, -0.25) is 4.79 Å². The van der Waals surface area contributed by atoms with E-state index in [1.54, 1.807) is 13.2 Å². The Kier molecular flexibility index (Phi) is 7.45. The number of ether oxygens (including phenoxy) is 2. The van der Waals surface area contributed by atoms with Crippen molar-refractivity contribution in [2.75, 3.05) is 7.11 Å². The molecule has 0 unspecified atom stereocenters. The molecule has 0 fully saturated rings. The Labute approximate surface area is 182 Å². The molecule has 0 saturated heterocycles. The molecular formula is C26H24N2O3. The maximum atomic E-state index is 12.4. The number of carbonyl (C=O) groups is 1. The lowest BCUT2D eigenvalue weighted by Gasteiger charge is -2.08. The van der Waals surface area contributed by atoms with Gasteiger partial charge in [-0.2, -0.15) is 5.26 Å². The highest BCUT2D eigenvalue weighted by atomic mass is 16.5. The third kappa shape index (κ3) is 6.48. The van der Waals surface area contributed by atoms with E-state index in [-0.39, 0.29) is 5.57 Å². The molecule has 5 nitrogen and oxygen atoms in total. The molecule has 3 aromatic carbocycles. The second kappa shape index (κ2) is 10.7. The fraction of sp³-hybridized carbons (Fsp3) is 0.154. The van der Waals surface area contributed by atoms with E-state index in [1.165, 1.54) is 5.56 Å². The van der Waals surface area contributed by atoms with Crippen LogP contribution in [0, 0.1) is 18.3 Å². The molecule has 0 atom stereocenters. The summed E-state index contributed by atoms with van der Waals surface area (Å²) >= 11 is 0. The summed E-state index contributed by atoms with van der Waals surface area (Å²) in [6.07, 6.45) is 1.56. The van der Waals surface area contributed by atoms with Crippen molar-refractivity contribution < 1.29 is 14.3 Å². The van der Waals surface area contributed by atoms with Crippen LogP contribution >= 0.6 is 0 Å². The van der Waals surface area contributed by atoms with Gasteiger partial charge in [0, 0.05) is 6.54 Å². The summed E-state index contributed by atoms with van der Waals surface area (Å²) in [5.74, 6) is 1.05. The van der Waals surface area contributed by atoms with E-state index >= 15 is 0 Å². The summed E-state index contributed by atoms with van der Waals surface area (Å²) in [5.41, 5.74) is 4.00. The van der Waals surface area contributed by atoms with Gasteiger partial charge in [-0.05, 0) is 54.0 Å². The van der Waals surface area contributed by atoms with Crippen LogP contribution in [-0.4, -0.2) is 13.0 Å². The summed E-state index contributed by atoms with van der Waals surface area (Å²) in [6, 6.07) is 24.8. The minimum Gasteiger partial charge on any atom is -0.497 e. The van der Waals surface area contributed by atoms with Gasteiger partial charge in [0.05, 0.1) is 7.11 Å². The number of nitriles is 1. The number of carbonyl (C=O) groups excluding carboxylic acids is 1. The van der Waals surface area contributed by atoms with E-state index in [4.69, 9.17) is 9.47 Å². The molecule has 5 heteroatoms. The number of hydrogen-bond acceptors (Lipinski definition) is 4. The molecule has 3 aromatic rings. The lowest BCUT2D eigenvalue weighted by Crippen LogP contribution is -2.23. The molecule has 1 amide bonds. The third-order valence-corrected chi connectivity index (χ3v) is 4.66. The Morgan fingerprint density at radius 2 is 1.71 bits per heavy atom. The monoisotopic (exact) mass is 412 g/mol. The van der Waals surface area contributed by atoms with Crippen LogP contribution in [0.25, 0.3) is 6.08 Å². The van der Waals surface area contributed by atoms with Crippen molar-refractivity contribution in [3.05, 3.63) is 101 Å². The number of rotatable bonds is 8. The Balaban J connectivity index is 1.57.